The molecule has 0 saturated carbocycles. The molecule has 15 heavy (non-hydrogen) atoms. The summed E-state index contributed by atoms with van der Waals surface area (Å²) in [6.45, 7) is 12.4. The average molecular weight is 214 g/mol. The van der Waals surface area contributed by atoms with Gasteiger partial charge in [0.1, 0.15) is 0 Å². The Bertz CT molecular complexity index is 175. The van der Waals surface area contributed by atoms with Crippen LogP contribution in [0.1, 0.15) is 27.2 Å². The molecule has 1 rings (SSSR count). The van der Waals surface area contributed by atoms with Gasteiger partial charge in [-0.1, -0.05) is 13.8 Å². The van der Waals surface area contributed by atoms with Gasteiger partial charge in [0.15, 0.2) is 0 Å². The molecule has 0 aromatic rings. The van der Waals surface area contributed by atoms with Crippen molar-refractivity contribution in [1.29, 1.82) is 0 Å². The standard InChI is InChI=1S/C12H26N2O/c1-5-11(3)14-8-7-13(6-2)12(9-14)10-15-4/h11-12H,5-10H2,1-4H3. The van der Waals surface area contributed by atoms with Gasteiger partial charge in [0.05, 0.1) is 6.61 Å². The number of ether oxygens (including phenoxy) is 1. The molecule has 0 amide bonds. The first-order chi connectivity index (χ1) is 7.22. The van der Waals surface area contributed by atoms with Crippen LogP contribution in [0.3, 0.4) is 0 Å². The van der Waals surface area contributed by atoms with Gasteiger partial charge < -0.3 is 4.74 Å². The van der Waals surface area contributed by atoms with E-state index in [9.17, 15) is 0 Å². The molecule has 0 aliphatic carbocycles. The van der Waals surface area contributed by atoms with Crippen LogP contribution in [0.15, 0.2) is 0 Å². The molecule has 0 aromatic carbocycles. The Hall–Kier alpha value is -0.120. The van der Waals surface area contributed by atoms with Crippen LogP contribution in [-0.4, -0.2) is 61.8 Å². The third-order valence-electron chi connectivity index (χ3n) is 3.62. The lowest BCUT2D eigenvalue weighted by atomic mass is 10.1. The van der Waals surface area contributed by atoms with E-state index in [1.165, 1.54) is 19.5 Å². The molecule has 1 heterocycles. The Morgan fingerprint density at radius 2 is 2.07 bits per heavy atom. The molecule has 0 aromatic heterocycles. The van der Waals surface area contributed by atoms with E-state index < -0.39 is 0 Å². The molecule has 3 heteroatoms. The van der Waals surface area contributed by atoms with Crippen molar-refractivity contribution in [1.82, 2.24) is 9.80 Å². The maximum absolute atomic E-state index is 5.31. The Morgan fingerprint density at radius 3 is 2.60 bits per heavy atom. The minimum absolute atomic E-state index is 0.586. The highest BCUT2D eigenvalue weighted by Crippen LogP contribution is 2.14. The molecule has 0 bridgehead atoms. The summed E-state index contributed by atoms with van der Waals surface area (Å²) in [7, 11) is 1.80. The largest absolute Gasteiger partial charge is 0.383 e. The summed E-state index contributed by atoms with van der Waals surface area (Å²) in [5, 5.41) is 0. The van der Waals surface area contributed by atoms with Gasteiger partial charge in [-0.2, -0.15) is 0 Å². The van der Waals surface area contributed by atoms with Crippen molar-refractivity contribution in [2.45, 2.75) is 39.3 Å². The van der Waals surface area contributed by atoms with Crippen molar-refractivity contribution >= 4 is 0 Å². The highest BCUT2D eigenvalue weighted by atomic mass is 16.5. The van der Waals surface area contributed by atoms with E-state index in [1.807, 2.05) is 0 Å². The van der Waals surface area contributed by atoms with Crippen molar-refractivity contribution < 1.29 is 4.74 Å². The van der Waals surface area contributed by atoms with Crippen molar-refractivity contribution in [3.05, 3.63) is 0 Å². The van der Waals surface area contributed by atoms with Gasteiger partial charge in [0, 0.05) is 38.8 Å². The molecule has 1 saturated heterocycles. The number of rotatable bonds is 5. The Labute approximate surface area is 94.4 Å². The smallest absolute Gasteiger partial charge is 0.0630 e. The molecule has 3 nitrogen and oxygen atoms in total. The van der Waals surface area contributed by atoms with E-state index in [2.05, 4.69) is 30.6 Å². The van der Waals surface area contributed by atoms with E-state index in [0.717, 1.165) is 19.7 Å². The molecule has 0 N–H and O–H groups in total. The Kier molecular flexibility index (Phi) is 5.58. The van der Waals surface area contributed by atoms with Crippen LogP contribution >= 0.6 is 0 Å². The first kappa shape index (κ1) is 12.9. The number of hydrogen-bond acceptors (Lipinski definition) is 3. The highest BCUT2D eigenvalue weighted by Gasteiger charge is 2.27. The van der Waals surface area contributed by atoms with Crippen LogP contribution < -0.4 is 0 Å². The summed E-state index contributed by atoms with van der Waals surface area (Å²) in [5.41, 5.74) is 0. The second-order valence-electron chi connectivity index (χ2n) is 4.49. The third kappa shape index (κ3) is 3.44. The number of nitrogens with zero attached hydrogens (tertiary/aromatic N) is 2. The van der Waals surface area contributed by atoms with Gasteiger partial charge in [-0.15, -0.1) is 0 Å². The molecule has 90 valence electrons. The van der Waals surface area contributed by atoms with E-state index in [4.69, 9.17) is 4.74 Å². The number of hydrogen-bond donors (Lipinski definition) is 0. The monoisotopic (exact) mass is 214 g/mol. The van der Waals surface area contributed by atoms with E-state index >= 15 is 0 Å². The molecule has 1 aliphatic rings. The lowest BCUT2D eigenvalue weighted by Gasteiger charge is -2.43. The van der Waals surface area contributed by atoms with Gasteiger partial charge in [0.2, 0.25) is 0 Å². The zero-order valence-corrected chi connectivity index (χ0v) is 10.7. The quantitative estimate of drug-likeness (QED) is 0.689. The number of piperazine rings is 1. The SMILES string of the molecule is CCC(C)N1CCN(CC)C(COC)C1. The predicted molar refractivity (Wildman–Crippen MR) is 64.2 cm³/mol. The lowest BCUT2D eigenvalue weighted by Crippen LogP contribution is -2.56. The second kappa shape index (κ2) is 6.46. The minimum atomic E-state index is 0.586. The fraction of sp³-hybridized carbons (Fsp3) is 1.00. The van der Waals surface area contributed by atoms with Gasteiger partial charge in [-0.05, 0) is 19.9 Å². The third-order valence-corrected chi connectivity index (χ3v) is 3.62. The van der Waals surface area contributed by atoms with Gasteiger partial charge in [-0.25, -0.2) is 0 Å². The normalized spacial score (nSPS) is 26.8. The molecule has 2 atom stereocenters. The van der Waals surface area contributed by atoms with Crippen molar-refractivity contribution in [2.75, 3.05) is 39.9 Å². The topological polar surface area (TPSA) is 15.7 Å². The average Bonchev–Trinajstić information content (AvgIpc) is 2.28. The Morgan fingerprint density at radius 1 is 1.33 bits per heavy atom. The van der Waals surface area contributed by atoms with Crippen molar-refractivity contribution in [3.8, 4) is 0 Å². The van der Waals surface area contributed by atoms with Crippen LogP contribution in [0.4, 0.5) is 0 Å². The summed E-state index contributed by atoms with van der Waals surface area (Å²) in [6, 6.07) is 1.30. The summed E-state index contributed by atoms with van der Waals surface area (Å²) >= 11 is 0. The molecular formula is C12H26N2O. The summed E-state index contributed by atoms with van der Waals surface area (Å²) in [6.07, 6.45) is 1.24. The highest BCUT2D eigenvalue weighted by molar-refractivity contribution is 4.83. The van der Waals surface area contributed by atoms with Crippen LogP contribution in [0.25, 0.3) is 0 Å². The molecule has 0 radical (unpaired) electrons. The Balaban J connectivity index is 2.49. The fourth-order valence-electron chi connectivity index (χ4n) is 2.34. The van der Waals surface area contributed by atoms with E-state index in [-0.39, 0.29) is 0 Å². The molecule has 1 aliphatic heterocycles. The van der Waals surface area contributed by atoms with Gasteiger partial charge in [-0.3, -0.25) is 9.80 Å². The zero-order valence-electron chi connectivity index (χ0n) is 10.7. The second-order valence-corrected chi connectivity index (χ2v) is 4.49. The first-order valence-electron chi connectivity index (χ1n) is 6.19. The van der Waals surface area contributed by atoms with Crippen LogP contribution in [0.5, 0.6) is 0 Å². The summed E-state index contributed by atoms with van der Waals surface area (Å²) < 4.78 is 5.31. The van der Waals surface area contributed by atoms with Crippen molar-refractivity contribution in [2.24, 2.45) is 0 Å². The summed E-state index contributed by atoms with van der Waals surface area (Å²) in [5.74, 6) is 0. The maximum atomic E-state index is 5.31. The van der Waals surface area contributed by atoms with Crippen LogP contribution in [-0.2, 0) is 4.74 Å². The van der Waals surface area contributed by atoms with Crippen LogP contribution in [0.2, 0.25) is 0 Å². The maximum Gasteiger partial charge on any atom is 0.0630 e. The van der Waals surface area contributed by atoms with E-state index in [0.29, 0.717) is 12.1 Å². The van der Waals surface area contributed by atoms with Gasteiger partial charge in [0.25, 0.3) is 0 Å². The predicted octanol–water partition coefficient (Wildman–Crippen LogP) is 1.44. The molecule has 2 unspecified atom stereocenters. The van der Waals surface area contributed by atoms with Crippen molar-refractivity contribution in [3.63, 3.8) is 0 Å². The molecule has 1 fully saturated rings. The molecular weight excluding hydrogens is 188 g/mol. The van der Waals surface area contributed by atoms with Crippen LogP contribution in [0, 0.1) is 0 Å². The zero-order chi connectivity index (χ0) is 11.3. The van der Waals surface area contributed by atoms with E-state index in [1.54, 1.807) is 7.11 Å². The molecule has 0 spiro atoms. The number of likely N-dealkylation sites (N-methyl/N-ethyl adjacent to an activating group) is 1. The lowest BCUT2D eigenvalue weighted by molar-refractivity contribution is 0.0138. The summed E-state index contributed by atoms with van der Waals surface area (Å²) in [4.78, 5) is 5.12. The van der Waals surface area contributed by atoms with Gasteiger partial charge >= 0.3 is 0 Å². The number of methoxy groups -OCH3 is 1. The minimum Gasteiger partial charge on any atom is -0.383 e. The fourth-order valence-corrected chi connectivity index (χ4v) is 2.34. The first-order valence-corrected chi connectivity index (χ1v) is 6.19.